The molecule has 0 aromatic heterocycles. The van der Waals surface area contributed by atoms with Crippen LogP contribution in [0, 0.1) is 45.3 Å². The van der Waals surface area contributed by atoms with Crippen LogP contribution in [0.2, 0.25) is 0 Å². The highest BCUT2D eigenvalue weighted by molar-refractivity contribution is 6.13. The highest BCUT2D eigenvalue weighted by atomic mass is 16.5. The van der Waals surface area contributed by atoms with Gasteiger partial charge in [-0.05, 0) is 95.6 Å². The zero-order chi connectivity index (χ0) is 34.7. The molecule has 0 saturated heterocycles. The summed E-state index contributed by atoms with van der Waals surface area (Å²) in [5.74, 6) is 1.68. The number of carbonyl (C=O) groups is 1. The summed E-state index contributed by atoms with van der Waals surface area (Å²) in [7, 11) is 0. The predicted molar refractivity (Wildman–Crippen MR) is 184 cm³/mol. The SMILES string of the molecule is N#Cc1ccc(Oc2ccc(C3(c4ccc(Oc5ccc(C#N)c(C#N)c5)cc4)c4ccccc4C(=O)N3c3ccccc3)cc2)cc1C#N. The topological polar surface area (TPSA) is 134 Å². The smallest absolute Gasteiger partial charge is 0.260 e. The Morgan fingerprint density at radius 1 is 0.480 bits per heavy atom. The molecule has 0 aliphatic carbocycles. The van der Waals surface area contributed by atoms with Crippen LogP contribution in [0.15, 0.2) is 140 Å². The molecule has 0 fully saturated rings. The third-order valence-corrected chi connectivity index (χ3v) is 8.58. The highest BCUT2D eigenvalue weighted by Crippen LogP contribution is 2.51. The Balaban J connectivity index is 1.34. The van der Waals surface area contributed by atoms with Crippen LogP contribution in [0.4, 0.5) is 5.69 Å². The van der Waals surface area contributed by atoms with E-state index in [2.05, 4.69) is 0 Å². The van der Waals surface area contributed by atoms with E-state index in [1.54, 1.807) is 24.3 Å². The maximum atomic E-state index is 14.4. The lowest BCUT2D eigenvalue weighted by Gasteiger charge is -2.40. The largest absolute Gasteiger partial charge is 0.457 e. The first-order chi connectivity index (χ1) is 24.5. The molecule has 6 aromatic rings. The first-order valence-corrected chi connectivity index (χ1v) is 15.4. The number of amides is 1. The lowest BCUT2D eigenvalue weighted by molar-refractivity contribution is 0.0986. The van der Waals surface area contributed by atoms with E-state index in [-0.39, 0.29) is 28.2 Å². The van der Waals surface area contributed by atoms with Crippen LogP contribution >= 0.6 is 0 Å². The van der Waals surface area contributed by atoms with E-state index >= 15 is 0 Å². The van der Waals surface area contributed by atoms with Crippen molar-refractivity contribution in [2.45, 2.75) is 5.54 Å². The van der Waals surface area contributed by atoms with Gasteiger partial charge >= 0.3 is 0 Å². The number of rotatable bonds is 7. The first kappa shape index (κ1) is 31.0. The summed E-state index contributed by atoms with van der Waals surface area (Å²) < 4.78 is 12.2. The summed E-state index contributed by atoms with van der Waals surface area (Å²) in [5.41, 5.74) is 3.54. The molecule has 1 aliphatic rings. The maximum Gasteiger partial charge on any atom is 0.260 e. The van der Waals surface area contributed by atoms with Crippen molar-refractivity contribution in [2.24, 2.45) is 0 Å². The summed E-state index contributed by atoms with van der Waals surface area (Å²) in [6.45, 7) is 0. The third-order valence-electron chi connectivity index (χ3n) is 8.58. The molecule has 0 unspecified atom stereocenters. The standard InChI is InChI=1S/C42H23N5O3/c43-24-28-10-16-37(22-30(28)26-45)49-35-18-12-32(13-19-35)42(40-9-5-4-8-39(40)41(48)47(42)34-6-2-1-3-7-34)33-14-20-36(21-15-33)50-38-17-11-29(25-44)31(23-38)27-46/h1-23H. The van der Waals surface area contributed by atoms with Gasteiger partial charge in [-0.2, -0.15) is 21.0 Å². The van der Waals surface area contributed by atoms with Gasteiger partial charge in [0.2, 0.25) is 0 Å². The van der Waals surface area contributed by atoms with Crippen molar-refractivity contribution in [2.75, 3.05) is 4.90 Å². The number of anilines is 1. The average Bonchev–Trinajstić information content (AvgIpc) is 3.44. The minimum atomic E-state index is -1.10. The average molecular weight is 646 g/mol. The van der Waals surface area contributed by atoms with E-state index in [1.165, 1.54) is 12.1 Å². The van der Waals surface area contributed by atoms with Crippen molar-refractivity contribution in [3.63, 3.8) is 0 Å². The van der Waals surface area contributed by atoms with Crippen LogP contribution < -0.4 is 14.4 Å². The van der Waals surface area contributed by atoms with Crippen molar-refractivity contribution in [1.29, 1.82) is 21.0 Å². The first-order valence-electron chi connectivity index (χ1n) is 15.4. The second-order valence-electron chi connectivity index (χ2n) is 11.3. The number of ether oxygens (including phenoxy) is 2. The van der Waals surface area contributed by atoms with Crippen molar-refractivity contribution in [3.8, 4) is 47.3 Å². The second-order valence-corrected chi connectivity index (χ2v) is 11.3. The number of fused-ring (bicyclic) bond motifs is 1. The third kappa shape index (κ3) is 5.23. The summed E-state index contributed by atoms with van der Waals surface area (Å²) in [6.07, 6.45) is 0. The Kier molecular flexibility index (Phi) is 7.97. The Morgan fingerprint density at radius 2 is 0.920 bits per heavy atom. The van der Waals surface area contributed by atoms with E-state index in [0.29, 0.717) is 34.2 Å². The Hall–Kier alpha value is -7.65. The number of para-hydroxylation sites is 1. The molecule has 234 valence electrons. The van der Waals surface area contributed by atoms with Crippen LogP contribution in [0.1, 0.15) is 49.3 Å². The zero-order valence-corrected chi connectivity index (χ0v) is 26.2. The molecule has 1 amide bonds. The molecule has 0 atom stereocenters. The quantitative estimate of drug-likeness (QED) is 0.169. The fraction of sp³-hybridized carbons (Fsp3) is 0.0238. The number of carbonyl (C=O) groups excluding carboxylic acids is 1. The van der Waals surface area contributed by atoms with Gasteiger partial charge in [0.25, 0.3) is 5.91 Å². The van der Waals surface area contributed by atoms with Gasteiger partial charge in [-0.3, -0.25) is 9.69 Å². The minimum absolute atomic E-state index is 0.157. The van der Waals surface area contributed by atoms with Crippen molar-refractivity contribution < 1.29 is 14.3 Å². The Bertz CT molecular complexity index is 2330. The summed E-state index contributed by atoms with van der Waals surface area (Å²) in [5, 5.41) is 37.5. The molecular formula is C42H23N5O3. The molecule has 0 bridgehead atoms. The van der Waals surface area contributed by atoms with Crippen molar-refractivity contribution >= 4 is 11.6 Å². The maximum absolute atomic E-state index is 14.4. The van der Waals surface area contributed by atoms with E-state index in [4.69, 9.17) is 9.47 Å². The van der Waals surface area contributed by atoms with Gasteiger partial charge in [-0.1, -0.05) is 60.7 Å². The second kappa shape index (κ2) is 12.9. The number of hydrogen-bond acceptors (Lipinski definition) is 7. The molecule has 1 aliphatic heterocycles. The molecule has 50 heavy (non-hydrogen) atoms. The predicted octanol–water partition coefficient (Wildman–Crippen LogP) is 8.71. The molecule has 8 heteroatoms. The Labute approximate surface area is 288 Å². The Morgan fingerprint density at radius 3 is 1.40 bits per heavy atom. The highest BCUT2D eigenvalue weighted by Gasteiger charge is 2.52. The minimum Gasteiger partial charge on any atom is -0.457 e. The molecule has 0 saturated carbocycles. The molecule has 0 radical (unpaired) electrons. The number of hydrogen-bond donors (Lipinski definition) is 0. The van der Waals surface area contributed by atoms with Crippen LogP contribution in [-0.4, -0.2) is 5.91 Å². The fourth-order valence-corrected chi connectivity index (χ4v) is 6.36. The van der Waals surface area contributed by atoms with Gasteiger partial charge in [-0.25, -0.2) is 0 Å². The molecular weight excluding hydrogens is 622 g/mol. The van der Waals surface area contributed by atoms with Gasteiger partial charge in [0.05, 0.1) is 22.3 Å². The number of nitriles is 4. The monoisotopic (exact) mass is 645 g/mol. The van der Waals surface area contributed by atoms with E-state index in [0.717, 1.165) is 16.7 Å². The lowest BCUT2D eigenvalue weighted by atomic mass is 9.76. The van der Waals surface area contributed by atoms with Gasteiger partial charge < -0.3 is 9.47 Å². The molecule has 0 spiro atoms. The molecule has 8 nitrogen and oxygen atoms in total. The molecule has 0 N–H and O–H groups in total. The molecule has 1 heterocycles. The van der Waals surface area contributed by atoms with Gasteiger partial charge in [0.1, 0.15) is 52.8 Å². The van der Waals surface area contributed by atoms with Crippen LogP contribution in [0.3, 0.4) is 0 Å². The van der Waals surface area contributed by atoms with Gasteiger partial charge in [0.15, 0.2) is 0 Å². The number of nitrogens with zero attached hydrogens (tertiary/aromatic N) is 5. The van der Waals surface area contributed by atoms with Crippen molar-refractivity contribution in [1.82, 2.24) is 0 Å². The van der Waals surface area contributed by atoms with E-state index in [9.17, 15) is 25.8 Å². The number of benzene rings is 6. The fourth-order valence-electron chi connectivity index (χ4n) is 6.36. The zero-order valence-electron chi connectivity index (χ0n) is 26.2. The normalized spacial score (nSPS) is 12.5. The van der Waals surface area contributed by atoms with Crippen LogP contribution in [-0.2, 0) is 5.54 Å². The summed E-state index contributed by atoms with van der Waals surface area (Å²) >= 11 is 0. The van der Waals surface area contributed by atoms with Crippen LogP contribution in [0.5, 0.6) is 23.0 Å². The van der Waals surface area contributed by atoms with Crippen molar-refractivity contribution in [3.05, 3.63) is 184 Å². The summed E-state index contributed by atoms with van der Waals surface area (Å²) in [6, 6.07) is 49.5. The molecule has 6 aromatic carbocycles. The van der Waals surface area contributed by atoms with Gasteiger partial charge in [-0.15, -0.1) is 0 Å². The van der Waals surface area contributed by atoms with Crippen LogP contribution in [0.25, 0.3) is 0 Å². The van der Waals surface area contributed by atoms with E-state index < -0.39 is 5.54 Å². The summed E-state index contributed by atoms with van der Waals surface area (Å²) in [4.78, 5) is 16.2. The van der Waals surface area contributed by atoms with E-state index in [1.807, 2.05) is 132 Å². The van der Waals surface area contributed by atoms with Gasteiger partial charge in [0, 0.05) is 11.3 Å². The molecule has 7 rings (SSSR count). The lowest BCUT2D eigenvalue weighted by Crippen LogP contribution is -2.46.